The highest BCUT2D eigenvalue weighted by Gasteiger charge is 2.26. The third-order valence-corrected chi connectivity index (χ3v) is 4.95. The molecule has 9 nitrogen and oxygen atoms in total. The molecule has 0 saturated carbocycles. The summed E-state index contributed by atoms with van der Waals surface area (Å²) < 4.78 is 6.48. The van der Waals surface area contributed by atoms with Gasteiger partial charge in [-0.05, 0) is 38.8 Å². The number of aryl methyl sites for hydroxylation is 1. The SMILES string of the molecule is COc1cnn(C)c(=O)c1-c1ccc(C[C@H](NC(=O)N(C(C)C)C(C)C)C(=O)O)cc1. The molecule has 2 rings (SSSR count). The van der Waals surface area contributed by atoms with Crippen molar-refractivity contribution in [3.8, 4) is 16.9 Å². The first-order valence-corrected chi connectivity index (χ1v) is 10.1. The number of nitrogens with zero attached hydrogens (tertiary/aromatic N) is 3. The summed E-state index contributed by atoms with van der Waals surface area (Å²) in [6.45, 7) is 7.52. The van der Waals surface area contributed by atoms with Crippen molar-refractivity contribution >= 4 is 12.0 Å². The Kier molecular flexibility index (Phi) is 7.79. The van der Waals surface area contributed by atoms with Crippen LogP contribution in [0, 0.1) is 0 Å². The lowest BCUT2D eigenvalue weighted by Crippen LogP contribution is -2.53. The number of amides is 2. The number of benzene rings is 1. The van der Waals surface area contributed by atoms with E-state index in [1.165, 1.54) is 18.0 Å². The Morgan fingerprint density at radius 2 is 1.74 bits per heavy atom. The van der Waals surface area contributed by atoms with Crippen LogP contribution in [0.3, 0.4) is 0 Å². The van der Waals surface area contributed by atoms with Gasteiger partial charge in [0.15, 0.2) is 5.75 Å². The Morgan fingerprint density at radius 1 is 1.16 bits per heavy atom. The summed E-state index contributed by atoms with van der Waals surface area (Å²) in [7, 11) is 3.02. The molecule has 1 heterocycles. The summed E-state index contributed by atoms with van der Waals surface area (Å²) >= 11 is 0. The molecule has 0 aliphatic rings. The van der Waals surface area contributed by atoms with Gasteiger partial charge in [-0.25, -0.2) is 14.3 Å². The fourth-order valence-corrected chi connectivity index (χ4v) is 3.48. The van der Waals surface area contributed by atoms with E-state index in [0.29, 0.717) is 22.4 Å². The fourth-order valence-electron chi connectivity index (χ4n) is 3.48. The van der Waals surface area contributed by atoms with Gasteiger partial charge in [0, 0.05) is 25.6 Å². The van der Waals surface area contributed by atoms with E-state index in [1.54, 1.807) is 36.2 Å². The van der Waals surface area contributed by atoms with E-state index >= 15 is 0 Å². The van der Waals surface area contributed by atoms with Gasteiger partial charge in [-0.1, -0.05) is 24.3 Å². The van der Waals surface area contributed by atoms with Crippen molar-refractivity contribution in [2.24, 2.45) is 7.05 Å². The van der Waals surface area contributed by atoms with E-state index in [2.05, 4.69) is 10.4 Å². The van der Waals surface area contributed by atoms with E-state index in [4.69, 9.17) is 4.74 Å². The Bertz CT molecular complexity index is 974. The number of aliphatic carboxylic acids is 1. The molecule has 1 atom stereocenters. The lowest BCUT2D eigenvalue weighted by Gasteiger charge is -2.32. The molecule has 0 bridgehead atoms. The topological polar surface area (TPSA) is 114 Å². The van der Waals surface area contributed by atoms with Crippen LogP contribution in [-0.2, 0) is 18.3 Å². The summed E-state index contributed by atoms with van der Waals surface area (Å²) in [4.78, 5) is 38.4. The van der Waals surface area contributed by atoms with Gasteiger partial charge in [0.2, 0.25) is 0 Å². The number of nitrogens with one attached hydrogen (secondary N) is 1. The van der Waals surface area contributed by atoms with Crippen LogP contribution in [-0.4, -0.2) is 57.0 Å². The number of carbonyl (C=O) groups excluding carboxylic acids is 1. The van der Waals surface area contributed by atoms with Crippen LogP contribution in [0.4, 0.5) is 4.79 Å². The zero-order valence-electron chi connectivity index (χ0n) is 18.7. The molecule has 31 heavy (non-hydrogen) atoms. The Morgan fingerprint density at radius 3 is 2.23 bits per heavy atom. The minimum Gasteiger partial charge on any atom is -0.494 e. The lowest BCUT2D eigenvalue weighted by molar-refractivity contribution is -0.139. The van der Waals surface area contributed by atoms with Gasteiger partial charge in [0.25, 0.3) is 5.56 Å². The molecule has 0 radical (unpaired) electrons. The maximum Gasteiger partial charge on any atom is 0.326 e. The second kappa shape index (κ2) is 10.1. The van der Waals surface area contributed by atoms with Crippen LogP contribution in [0.5, 0.6) is 5.75 Å². The average molecular weight is 431 g/mol. The fraction of sp³-hybridized carbons (Fsp3) is 0.455. The number of methoxy groups -OCH3 is 1. The molecule has 0 fully saturated rings. The second-order valence-electron chi connectivity index (χ2n) is 7.85. The number of rotatable bonds is 8. The van der Waals surface area contributed by atoms with Gasteiger partial charge in [-0.15, -0.1) is 0 Å². The molecule has 168 valence electrons. The minimum absolute atomic E-state index is 0.0633. The van der Waals surface area contributed by atoms with Crippen LogP contribution in [0.2, 0.25) is 0 Å². The minimum atomic E-state index is -1.12. The summed E-state index contributed by atoms with van der Waals surface area (Å²) in [5.74, 6) is -0.761. The van der Waals surface area contributed by atoms with Gasteiger partial charge in [-0.2, -0.15) is 5.10 Å². The van der Waals surface area contributed by atoms with E-state index in [1.807, 2.05) is 27.7 Å². The predicted molar refractivity (Wildman–Crippen MR) is 117 cm³/mol. The molecule has 1 aromatic heterocycles. The monoisotopic (exact) mass is 430 g/mol. The Balaban J connectivity index is 2.24. The zero-order chi connectivity index (χ0) is 23.3. The first-order valence-electron chi connectivity index (χ1n) is 10.1. The van der Waals surface area contributed by atoms with Crippen LogP contribution >= 0.6 is 0 Å². The number of urea groups is 1. The van der Waals surface area contributed by atoms with Crippen molar-refractivity contribution < 1.29 is 19.4 Å². The Labute approximate surface area is 181 Å². The second-order valence-corrected chi connectivity index (χ2v) is 7.85. The van der Waals surface area contributed by atoms with Crippen molar-refractivity contribution in [2.75, 3.05) is 7.11 Å². The van der Waals surface area contributed by atoms with E-state index in [9.17, 15) is 19.5 Å². The van der Waals surface area contributed by atoms with Gasteiger partial charge in [-0.3, -0.25) is 4.79 Å². The summed E-state index contributed by atoms with van der Waals surface area (Å²) in [5, 5.41) is 16.2. The first-order chi connectivity index (χ1) is 14.6. The van der Waals surface area contributed by atoms with Crippen LogP contribution in [0.1, 0.15) is 33.3 Å². The van der Waals surface area contributed by atoms with Crippen LogP contribution in [0.15, 0.2) is 35.3 Å². The van der Waals surface area contributed by atoms with Gasteiger partial charge < -0.3 is 20.1 Å². The highest BCUT2D eigenvalue weighted by molar-refractivity contribution is 5.83. The molecule has 0 saturated heterocycles. The standard InChI is InChI=1S/C22H30N4O5/c1-13(2)26(14(3)4)22(30)24-17(21(28)29)11-15-7-9-16(10-8-15)19-18(31-6)12-23-25(5)20(19)27/h7-10,12-14,17H,11H2,1-6H3,(H,24,30)(H,28,29)/t17-/m0/s1. The lowest BCUT2D eigenvalue weighted by atomic mass is 10.0. The molecule has 0 aliphatic heterocycles. The Hall–Kier alpha value is -3.36. The highest BCUT2D eigenvalue weighted by atomic mass is 16.5. The number of hydrogen-bond acceptors (Lipinski definition) is 5. The number of carboxylic acids is 1. The number of ether oxygens (including phenoxy) is 1. The molecule has 2 aromatic rings. The van der Waals surface area contributed by atoms with Crippen molar-refractivity contribution in [1.29, 1.82) is 0 Å². The maximum atomic E-state index is 12.6. The molecule has 0 aliphatic carbocycles. The van der Waals surface area contributed by atoms with Gasteiger partial charge >= 0.3 is 12.0 Å². The molecule has 1 aromatic carbocycles. The van der Waals surface area contributed by atoms with Gasteiger partial charge in [0.1, 0.15) is 6.04 Å². The van der Waals surface area contributed by atoms with Crippen molar-refractivity contribution in [3.63, 3.8) is 0 Å². The van der Waals surface area contributed by atoms with E-state index in [0.717, 1.165) is 0 Å². The number of carbonyl (C=O) groups is 2. The maximum absolute atomic E-state index is 12.6. The highest BCUT2D eigenvalue weighted by Crippen LogP contribution is 2.25. The molecule has 2 N–H and O–H groups in total. The normalized spacial score (nSPS) is 12.0. The smallest absolute Gasteiger partial charge is 0.326 e. The number of hydrogen-bond donors (Lipinski definition) is 2. The first kappa shape index (κ1) is 23.9. The molecule has 0 spiro atoms. The zero-order valence-corrected chi connectivity index (χ0v) is 18.7. The summed E-state index contributed by atoms with van der Waals surface area (Å²) in [6.07, 6.45) is 1.58. The van der Waals surface area contributed by atoms with Gasteiger partial charge in [0.05, 0.1) is 18.9 Å². The quantitative estimate of drug-likeness (QED) is 0.664. The molecule has 0 unspecified atom stereocenters. The van der Waals surface area contributed by atoms with Crippen LogP contribution in [0.25, 0.3) is 11.1 Å². The van der Waals surface area contributed by atoms with E-state index in [-0.39, 0.29) is 24.1 Å². The van der Waals surface area contributed by atoms with E-state index < -0.39 is 18.0 Å². The van der Waals surface area contributed by atoms with Crippen LogP contribution < -0.4 is 15.6 Å². The number of carboxylic acid groups (broad SMARTS) is 1. The van der Waals surface area contributed by atoms with Crippen molar-refractivity contribution in [3.05, 3.63) is 46.4 Å². The molecular formula is C22H30N4O5. The number of aromatic nitrogens is 2. The largest absolute Gasteiger partial charge is 0.494 e. The molecule has 9 heteroatoms. The average Bonchev–Trinajstić information content (AvgIpc) is 2.69. The molecular weight excluding hydrogens is 400 g/mol. The van der Waals surface area contributed by atoms with Crippen molar-refractivity contribution in [2.45, 2.75) is 52.2 Å². The summed E-state index contributed by atoms with van der Waals surface area (Å²) in [5.41, 5.74) is 1.41. The third kappa shape index (κ3) is 5.62. The predicted octanol–water partition coefficient (Wildman–Crippen LogP) is 2.28. The summed E-state index contributed by atoms with van der Waals surface area (Å²) in [6, 6.07) is 5.30. The molecule has 2 amide bonds. The third-order valence-electron chi connectivity index (χ3n) is 4.95. The van der Waals surface area contributed by atoms with Crippen molar-refractivity contribution in [1.82, 2.24) is 20.0 Å².